The molecule has 2 nitrogen and oxygen atoms in total. The Morgan fingerprint density at radius 3 is 2.60 bits per heavy atom. The van der Waals surface area contributed by atoms with Gasteiger partial charge in [0.15, 0.2) is 0 Å². The molecule has 2 heteroatoms. The third kappa shape index (κ3) is 2.73. The number of hydrogen-bond acceptors (Lipinski definition) is 2. The van der Waals surface area contributed by atoms with Gasteiger partial charge in [0.1, 0.15) is 0 Å². The van der Waals surface area contributed by atoms with Crippen molar-refractivity contribution in [1.82, 2.24) is 4.90 Å². The molecule has 0 radical (unpaired) electrons. The molecule has 1 heterocycles. The molecule has 0 amide bonds. The molecule has 3 unspecified atom stereocenters. The molecule has 2 rings (SSSR count). The summed E-state index contributed by atoms with van der Waals surface area (Å²) in [6.45, 7) is 8.10. The van der Waals surface area contributed by atoms with Crippen LogP contribution in [0.3, 0.4) is 0 Å². The van der Waals surface area contributed by atoms with Crippen molar-refractivity contribution in [2.75, 3.05) is 19.6 Å². The fraction of sp³-hybridized carbons (Fsp3) is 1.00. The lowest BCUT2D eigenvalue weighted by Gasteiger charge is -2.31. The van der Waals surface area contributed by atoms with Gasteiger partial charge in [0.2, 0.25) is 0 Å². The van der Waals surface area contributed by atoms with Crippen molar-refractivity contribution < 1.29 is 0 Å². The molecule has 2 aliphatic rings. The smallest absolute Gasteiger partial charge is 0.00987 e. The van der Waals surface area contributed by atoms with Crippen molar-refractivity contribution in [2.45, 2.75) is 45.6 Å². The molecule has 2 bridgehead atoms. The predicted molar refractivity (Wildman–Crippen MR) is 64.7 cm³/mol. The number of fused-ring (bicyclic) bond motifs is 2. The van der Waals surface area contributed by atoms with Gasteiger partial charge in [0, 0.05) is 19.1 Å². The van der Waals surface area contributed by atoms with Gasteiger partial charge in [-0.3, -0.25) is 4.90 Å². The lowest BCUT2D eigenvalue weighted by Crippen LogP contribution is -2.38. The topological polar surface area (TPSA) is 29.3 Å². The van der Waals surface area contributed by atoms with Gasteiger partial charge in [-0.25, -0.2) is 0 Å². The second kappa shape index (κ2) is 4.84. The number of hydrogen-bond donors (Lipinski definition) is 1. The van der Waals surface area contributed by atoms with Crippen molar-refractivity contribution in [1.29, 1.82) is 0 Å². The van der Waals surface area contributed by atoms with Crippen LogP contribution in [-0.2, 0) is 0 Å². The Morgan fingerprint density at radius 1 is 1.33 bits per heavy atom. The Bertz CT molecular complexity index is 203. The van der Waals surface area contributed by atoms with E-state index in [1.807, 2.05) is 0 Å². The van der Waals surface area contributed by atoms with E-state index in [1.165, 1.54) is 38.8 Å². The third-order valence-corrected chi connectivity index (χ3v) is 4.15. The first-order valence-electron chi connectivity index (χ1n) is 6.63. The Hall–Kier alpha value is -0.0800. The molecular weight excluding hydrogens is 184 g/mol. The monoisotopic (exact) mass is 210 g/mol. The average molecular weight is 210 g/mol. The first-order valence-corrected chi connectivity index (χ1v) is 6.63. The van der Waals surface area contributed by atoms with Crippen LogP contribution in [0.25, 0.3) is 0 Å². The zero-order valence-corrected chi connectivity index (χ0v) is 10.3. The summed E-state index contributed by atoms with van der Waals surface area (Å²) < 4.78 is 0. The summed E-state index contributed by atoms with van der Waals surface area (Å²) in [5.74, 6) is 2.54. The van der Waals surface area contributed by atoms with Gasteiger partial charge < -0.3 is 5.73 Å². The fourth-order valence-electron chi connectivity index (χ4n) is 3.49. The number of piperidine rings is 1. The lowest BCUT2D eigenvalue weighted by molar-refractivity contribution is 0.173. The summed E-state index contributed by atoms with van der Waals surface area (Å²) in [6, 6.07) is 0.913. The van der Waals surface area contributed by atoms with E-state index in [4.69, 9.17) is 5.73 Å². The molecule has 0 aromatic rings. The minimum absolute atomic E-state index is 0.726. The average Bonchev–Trinajstić information content (AvgIpc) is 2.77. The Labute approximate surface area is 94.2 Å². The standard InChI is InChI=1S/C13H26N2/c1-10(2)5-12(7-14)9-15-8-11-3-4-13(15)6-11/h10-13H,3-9,14H2,1-2H3. The summed E-state index contributed by atoms with van der Waals surface area (Å²) >= 11 is 0. The highest BCUT2D eigenvalue weighted by molar-refractivity contribution is 4.92. The molecule has 0 aromatic heterocycles. The van der Waals surface area contributed by atoms with Crippen LogP contribution in [0, 0.1) is 17.8 Å². The van der Waals surface area contributed by atoms with Crippen LogP contribution in [0.4, 0.5) is 0 Å². The van der Waals surface area contributed by atoms with Gasteiger partial charge in [-0.2, -0.15) is 0 Å². The van der Waals surface area contributed by atoms with Crippen LogP contribution in [-0.4, -0.2) is 30.6 Å². The van der Waals surface area contributed by atoms with Crippen LogP contribution in [0.2, 0.25) is 0 Å². The van der Waals surface area contributed by atoms with Gasteiger partial charge in [-0.15, -0.1) is 0 Å². The van der Waals surface area contributed by atoms with E-state index >= 15 is 0 Å². The van der Waals surface area contributed by atoms with Crippen molar-refractivity contribution in [3.63, 3.8) is 0 Å². The van der Waals surface area contributed by atoms with Gasteiger partial charge in [0.05, 0.1) is 0 Å². The van der Waals surface area contributed by atoms with Crippen molar-refractivity contribution in [3.05, 3.63) is 0 Å². The highest BCUT2D eigenvalue weighted by Crippen LogP contribution is 2.37. The molecule has 2 fully saturated rings. The highest BCUT2D eigenvalue weighted by atomic mass is 15.2. The molecule has 88 valence electrons. The van der Waals surface area contributed by atoms with Gasteiger partial charge in [-0.1, -0.05) is 13.8 Å². The molecule has 3 atom stereocenters. The minimum atomic E-state index is 0.726. The van der Waals surface area contributed by atoms with E-state index in [9.17, 15) is 0 Å². The largest absolute Gasteiger partial charge is 0.330 e. The van der Waals surface area contributed by atoms with Gasteiger partial charge in [-0.05, 0) is 50.0 Å². The van der Waals surface area contributed by atoms with E-state index in [0.29, 0.717) is 0 Å². The van der Waals surface area contributed by atoms with Crippen molar-refractivity contribution in [2.24, 2.45) is 23.5 Å². The summed E-state index contributed by atoms with van der Waals surface area (Å²) in [7, 11) is 0. The van der Waals surface area contributed by atoms with Crippen molar-refractivity contribution >= 4 is 0 Å². The van der Waals surface area contributed by atoms with Crippen LogP contribution >= 0.6 is 0 Å². The van der Waals surface area contributed by atoms with Crippen molar-refractivity contribution in [3.8, 4) is 0 Å². The molecule has 0 aromatic carbocycles. The first-order chi connectivity index (χ1) is 7.19. The van der Waals surface area contributed by atoms with Gasteiger partial charge in [0.25, 0.3) is 0 Å². The molecule has 2 N–H and O–H groups in total. The Kier molecular flexibility index (Phi) is 3.68. The van der Waals surface area contributed by atoms with Crippen LogP contribution in [0.1, 0.15) is 39.5 Å². The molecule has 1 aliphatic heterocycles. The third-order valence-electron chi connectivity index (χ3n) is 4.15. The first kappa shape index (κ1) is 11.4. The van der Waals surface area contributed by atoms with Crippen LogP contribution < -0.4 is 5.73 Å². The van der Waals surface area contributed by atoms with E-state index in [2.05, 4.69) is 18.7 Å². The summed E-state index contributed by atoms with van der Waals surface area (Å²) in [5.41, 5.74) is 5.87. The maximum absolute atomic E-state index is 5.87. The zero-order valence-electron chi connectivity index (χ0n) is 10.3. The second-order valence-electron chi connectivity index (χ2n) is 6.02. The second-order valence-corrected chi connectivity index (χ2v) is 6.02. The van der Waals surface area contributed by atoms with Crippen LogP contribution in [0.5, 0.6) is 0 Å². The summed E-state index contributed by atoms with van der Waals surface area (Å²) in [4.78, 5) is 2.72. The van der Waals surface area contributed by atoms with Gasteiger partial charge >= 0.3 is 0 Å². The Balaban J connectivity index is 1.79. The van der Waals surface area contributed by atoms with E-state index in [1.54, 1.807) is 0 Å². The normalized spacial score (nSPS) is 32.8. The molecular formula is C13H26N2. The number of nitrogens with zero attached hydrogens (tertiary/aromatic N) is 1. The quantitative estimate of drug-likeness (QED) is 0.753. The fourth-order valence-corrected chi connectivity index (χ4v) is 3.49. The Morgan fingerprint density at radius 2 is 2.13 bits per heavy atom. The molecule has 15 heavy (non-hydrogen) atoms. The molecule has 0 spiro atoms. The maximum atomic E-state index is 5.87. The minimum Gasteiger partial charge on any atom is -0.330 e. The van der Waals surface area contributed by atoms with E-state index < -0.39 is 0 Å². The predicted octanol–water partition coefficient (Wildman–Crippen LogP) is 2.09. The number of rotatable bonds is 5. The van der Waals surface area contributed by atoms with Crippen LogP contribution in [0.15, 0.2) is 0 Å². The SMILES string of the molecule is CC(C)CC(CN)CN1CC2CCC1C2. The maximum Gasteiger partial charge on any atom is 0.00987 e. The number of nitrogens with two attached hydrogens (primary N) is 1. The summed E-state index contributed by atoms with van der Waals surface area (Å²) in [6.07, 6.45) is 5.70. The number of likely N-dealkylation sites (tertiary alicyclic amines) is 1. The lowest BCUT2D eigenvalue weighted by atomic mass is 9.96. The molecule has 1 saturated heterocycles. The van der Waals surface area contributed by atoms with E-state index in [0.717, 1.165) is 30.3 Å². The summed E-state index contributed by atoms with van der Waals surface area (Å²) in [5, 5.41) is 0. The molecule has 1 saturated carbocycles. The highest BCUT2D eigenvalue weighted by Gasteiger charge is 2.38. The molecule has 1 aliphatic carbocycles. The van der Waals surface area contributed by atoms with E-state index in [-0.39, 0.29) is 0 Å². The zero-order chi connectivity index (χ0) is 10.8.